The highest BCUT2D eigenvalue weighted by Crippen LogP contribution is 2.33. The third kappa shape index (κ3) is 6.81. The van der Waals surface area contributed by atoms with Gasteiger partial charge in [-0.1, -0.05) is 24.6 Å². The molecule has 2 aromatic heterocycles. The van der Waals surface area contributed by atoms with Crippen molar-refractivity contribution in [2.24, 2.45) is 0 Å². The number of fused-ring (bicyclic) bond motifs is 2. The Bertz CT molecular complexity index is 1440. The summed E-state index contributed by atoms with van der Waals surface area (Å²) in [6.45, 7) is 6.61. The van der Waals surface area contributed by atoms with Gasteiger partial charge in [-0.2, -0.15) is 9.97 Å². The fourth-order valence-electron chi connectivity index (χ4n) is 4.13. The number of anilines is 4. The van der Waals surface area contributed by atoms with Gasteiger partial charge in [0.25, 0.3) is 0 Å². The minimum absolute atomic E-state index is 0.169. The van der Waals surface area contributed by atoms with Crippen LogP contribution in [0, 0.1) is 6.92 Å². The van der Waals surface area contributed by atoms with E-state index in [2.05, 4.69) is 25.6 Å². The number of imidazole rings is 1. The Labute approximate surface area is 226 Å². The summed E-state index contributed by atoms with van der Waals surface area (Å²) in [7, 11) is 0. The Morgan fingerprint density at radius 2 is 1.69 bits per heavy atom. The molecule has 3 heterocycles. The maximum Gasteiger partial charge on any atom is 0.231 e. The number of aromatic nitrogens is 4. The maximum atomic E-state index is 12.2. The summed E-state index contributed by atoms with van der Waals surface area (Å²) in [4.78, 5) is 29.0. The van der Waals surface area contributed by atoms with Crippen LogP contribution in [0.4, 0.5) is 23.1 Å². The van der Waals surface area contributed by atoms with Crippen molar-refractivity contribution in [3.63, 3.8) is 0 Å². The fourth-order valence-corrected chi connectivity index (χ4v) is 4.13. The zero-order valence-corrected chi connectivity index (χ0v) is 22.1. The second kappa shape index (κ2) is 12.5. The van der Waals surface area contributed by atoms with Crippen LogP contribution in [-0.2, 0) is 20.7 Å². The Morgan fingerprint density at radius 1 is 0.923 bits per heavy atom. The average Bonchev–Trinajstić information content (AvgIpc) is 3.40. The zero-order valence-electron chi connectivity index (χ0n) is 22.1. The number of nitrogens with zero attached hydrogens (tertiary/aromatic N) is 3. The number of hydrogen-bond donors (Lipinski definition) is 3. The molecular weight excluding hydrogens is 500 g/mol. The monoisotopic (exact) mass is 532 g/mol. The molecule has 4 aromatic rings. The molecule has 0 unspecified atom stereocenters. The van der Waals surface area contributed by atoms with Gasteiger partial charge < -0.3 is 34.6 Å². The summed E-state index contributed by atoms with van der Waals surface area (Å²) < 4.78 is 22.8. The highest BCUT2D eigenvalue weighted by Gasteiger charge is 2.15. The summed E-state index contributed by atoms with van der Waals surface area (Å²) in [5, 5.41) is 6.64. The number of rotatable bonds is 7. The molecule has 0 saturated carbocycles. The number of ether oxygens (including phenoxy) is 4. The minimum atomic E-state index is 0.169. The van der Waals surface area contributed by atoms with Crippen LogP contribution in [-0.4, -0.2) is 65.4 Å². The van der Waals surface area contributed by atoms with Gasteiger partial charge in [0.1, 0.15) is 24.5 Å². The van der Waals surface area contributed by atoms with Crippen LogP contribution in [0.25, 0.3) is 11.2 Å². The van der Waals surface area contributed by atoms with Gasteiger partial charge in [-0.3, -0.25) is 4.79 Å². The van der Waals surface area contributed by atoms with Gasteiger partial charge in [0.2, 0.25) is 5.95 Å². The van der Waals surface area contributed by atoms with Crippen LogP contribution >= 0.6 is 0 Å². The minimum Gasteiger partial charge on any atom is -0.487 e. The molecule has 0 bridgehead atoms. The van der Waals surface area contributed by atoms with E-state index in [0.717, 1.165) is 16.8 Å². The number of ketones is 1. The lowest BCUT2D eigenvalue weighted by molar-refractivity contribution is -0.118. The Balaban J connectivity index is 1.41. The van der Waals surface area contributed by atoms with E-state index in [1.807, 2.05) is 50.2 Å². The first-order chi connectivity index (χ1) is 19.1. The highest BCUT2D eigenvalue weighted by molar-refractivity contribution is 5.88. The van der Waals surface area contributed by atoms with Crippen molar-refractivity contribution in [1.29, 1.82) is 0 Å². The van der Waals surface area contributed by atoms with Crippen molar-refractivity contribution in [1.82, 2.24) is 19.9 Å². The van der Waals surface area contributed by atoms with Gasteiger partial charge in [0, 0.05) is 30.3 Å². The number of Topliss-reactive ketones (excluding diaryl/α,β-unsaturated/α-hetero) is 1. The molecule has 0 aliphatic carbocycles. The van der Waals surface area contributed by atoms with Crippen molar-refractivity contribution < 1.29 is 23.7 Å². The first-order valence-electron chi connectivity index (χ1n) is 13.0. The smallest absolute Gasteiger partial charge is 0.231 e. The lowest BCUT2D eigenvalue weighted by Gasteiger charge is -2.16. The molecule has 39 heavy (non-hydrogen) atoms. The van der Waals surface area contributed by atoms with E-state index in [9.17, 15) is 4.79 Å². The summed E-state index contributed by atoms with van der Waals surface area (Å²) >= 11 is 0. The molecule has 0 fully saturated rings. The summed E-state index contributed by atoms with van der Waals surface area (Å²) in [6, 6.07) is 11.5. The molecular formula is C28H32N6O5. The van der Waals surface area contributed by atoms with Gasteiger partial charge in [-0.05, 0) is 30.7 Å². The highest BCUT2D eigenvalue weighted by atomic mass is 16.6. The molecule has 0 saturated heterocycles. The van der Waals surface area contributed by atoms with E-state index in [4.69, 9.17) is 23.9 Å². The largest absolute Gasteiger partial charge is 0.487 e. The number of benzene rings is 2. The van der Waals surface area contributed by atoms with Crippen LogP contribution < -0.4 is 20.1 Å². The van der Waals surface area contributed by atoms with Gasteiger partial charge >= 0.3 is 0 Å². The van der Waals surface area contributed by atoms with E-state index in [0.29, 0.717) is 92.6 Å². The number of aryl methyl sites for hydroxylation is 1. The number of H-pyrrole nitrogens is 1. The van der Waals surface area contributed by atoms with Gasteiger partial charge in [-0.15, -0.1) is 0 Å². The third-order valence-electron chi connectivity index (χ3n) is 6.12. The van der Waals surface area contributed by atoms with Crippen molar-refractivity contribution in [2.75, 3.05) is 50.3 Å². The molecule has 0 atom stereocenters. The first kappa shape index (κ1) is 26.4. The number of hydrogen-bond acceptors (Lipinski definition) is 10. The van der Waals surface area contributed by atoms with E-state index in [1.165, 1.54) is 0 Å². The van der Waals surface area contributed by atoms with E-state index >= 15 is 0 Å². The molecule has 3 N–H and O–H groups in total. The standard InChI is InChI=1S/C28H32N6O5/c1-3-21(35)15-19-14-18(2)4-6-22(19)32-27-25-26(30-17-29-25)33-28(34-27)31-20-5-7-23-24(16-20)39-13-11-37-9-8-36-10-12-38-23/h4-7,14,16-17H,3,8-13,15H2,1-2H3,(H3,29,30,31,32,33,34). The second-order valence-corrected chi connectivity index (χ2v) is 9.06. The Hall–Kier alpha value is -4.22. The molecule has 2 aromatic carbocycles. The van der Waals surface area contributed by atoms with Crippen molar-refractivity contribution >= 4 is 40.1 Å². The first-order valence-corrected chi connectivity index (χ1v) is 13.0. The molecule has 11 nitrogen and oxygen atoms in total. The number of aromatic amines is 1. The molecule has 0 amide bonds. The molecule has 11 heteroatoms. The molecule has 1 aliphatic rings. The SMILES string of the molecule is CCC(=O)Cc1cc(C)ccc1Nc1nc(Nc2ccc3c(c2)OCCOCCOCCO3)nc2nc[nH]c12. The summed E-state index contributed by atoms with van der Waals surface area (Å²) in [6.07, 6.45) is 2.40. The fraction of sp³-hybridized carbons (Fsp3) is 0.357. The van der Waals surface area contributed by atoms with Crippen LogP contribution in [0.5, 0.6) is 11.5 Å². The van der Waals surface area contributed by atoms with Gasteiger partial charge in [-0.25, -0.2) is 4.98 Å². The molecule has 204 valence electrons. The molecule has 0 radical (unpaired) electrons. The number of nitrogens with one attached hydrogen (secondary N) is 3. The van der Waals surface area contributed by atoms with Crippen LogP contribution in [0.15, 0.2) is 42.7 Å². The summed E-state index contributed by atoms with van der Waals surface area (Å²) in [5.41, 5.74) is 4.67. The van der Waals surface area contributed by atoms with Crippen molar-refractivity contribution in [3.05, 3.63) is 53.9 Å². The van der Waals surface area contributed by atoms with Gasteiger partial charge in [0.05, 0.1) is 32.8 Å². The molecule has 1 aliphatic heterocycles. The average molecular weight is 533 g/mol. The van der Waals surface area contributed by atoms with Crippen molar-refractivity contribution in [2.45, 2.75) is 26.7 Å². The maximum absolute atomic E-state index is 12.2. The normalized spacial score (nSPS) is 14.3. The Morgan fingerprint density at radius 3 is 2.49 bits per heavy atom. The Kier molecular flexibility index (Phi) is 8.49. The van der Waals surface area contributed by atoms with Crippen LogP contribution in [0.3, 0.4) is 0 Å². The van der Waals surface area contributed by atoms with Gasteiger partial charge in [0.15, 0.2) is 23.0 Å². The molecule has 0 spiro atoms. The van der Waals surface area contributed by atoms with E-state index in [-0.39, 0.29) is 5.78 Å². The zero-order chi connectivity index (χ0) is 27.0. The number of carbonyl (C=O) groups excluding carboxylic acids is 1. The quantitative estimate of drug-likeness (QED) is 0.313. The van der Waals surface area contributed by atoms with E-state index < -0.39 is 0 Å². The lowest BCUT2D eigenvalue weighted by Crippen LogP contribution is -2.15. The van der Waals surface area contributed by atoms with Crippen LogP contribution in [0.2, 0.25) is 0 Å². The van der Waals surface area contributed by atoms with Crippen LogP contribution in [0.1, 0.15) is 24.5 Å². The second-order valence-electron chi connectivity index (χ2n) is 9.06. The predicted octanol–water partition coefficient (Wildman–Crippen LogP) is 4.47. The summed E-state index contributed by atoms with van der Waals surface area (Å²) in [5.74, 6) is 2.25. The lowest BCUT2D eigenvalue weighted by atomic mass is 10.0. The van der Waals surface area contributed by atoms with Crippen molar-refractivity contribution in [3.8, 4) is 11.5 Å². The molecule has 5 rings (SSSR count). The topological polar surface area (TPSA) is 133 Å². The van der Waals surface area contributed by atoms with E-state index in [1.54, 1.807) is 6.33 Å². The third-order valence-corrected chi connectivity index (χ3v) is 6.12. The number of carbonyl (C=O) groups is 1. The predicted molar refractivity (Wildman–Crippen MR) is 148 cm³/mol.